The van der Waals surface area contributed by atoms with Crippen LogP contribution in [0.2, 0.25) is 0 Å². The van der Waals surface area contributed by atoms with E-state index in [9.17, 15) is 36.4 Å². The summed E-state index contributed by atoms with van der Waals surface area (Å²) in [5.74, 6) is -6.96. The van der Waals surface area contributed by atoms with Gasteiger partial charge in [-0.15, -0.1) is 0 Å². The monoisotopic (exact) mass is 983 g/mol. The first-order valence-corrected chi connectivity index (χ1v) is 24.7. The molecule has 0 saturated carbocycles. The Hall–Kier alpha value is -6.58. The molecule has 5 aromatic rings. The lowest BCUT2D eigenvalue weighted by atomic mass is 9.72. The topological polar surface area (TPSA) is 181 Å². The number of rotatable bonds is 12. The van der Waals surface area contributed by atoms with Gasteiger partial charge in [0.15, 0.2) is 5.82 Å². The first-order valence-electron chi connectivity index (χ1n) is 23.3. The number of alkyl halides is 2. The number of anilines is 3. The lowest BCUT2D eigenvalue weighted by Crippen LogP contribution is -2.72. The molecular weight excluding hydrogens is 935 g/mol. The van der Waals surface area contributed by atoms with E-state index >= 15 is 8.78 Å². The summed E-state index contributed by atoms with van der Waals surface area (Å²) in [5.41, 5.74) is 3.52. The van der Waals surface area contributed by atoms with Gasteiger partial charge in [-0.1, -0.05) is 12.1 Å². The van der Waals surface area contributed by atoms with Crippen molar-refractivity contribution < 1.29 is 49.9 Å². The number of likely N-dealkylation sites (tertiary alicyclic amines) is 1. The quantitative estimate of drug-likeness (QED) is 0.0812. The predicted molar refractivity (Wildman–Crippen MR) is 250 cm³/mol. The molecule has 0 aliphatic carbocycles. The Labute approximate surface area is 400 Å². The molecule has 11 rings (SSSR count). The van der Waals surface area contributed by atoms with Gasteiger partial charge in [0.2, 0.25) is 17.6 Å². The van der Waals surface area contributed by atoms with E-state index in [1.54, 1.807) is 24.3 Å². The number of H-pyrrole nitrogens is 1. The number of imide groups is 1. The average Bonchev–Trinajstić information content (AvgIpc) is 4.01. The summed E-state index contributed by atoms with van der Waals surface area (Å²) in [6.45, 7) is 5.48. The molecule has 366 valence electrons. The van der Waals surface area contributed by atoms with Crippen LogP contribution < -0.4 is 24.6 Å². The average molecular weight is 984 g/mol. The van der Waals surface area contributed by atoms with Crippen LogP contribution in [0, 0.1) is 23.0 Å². The second-order valence-electron chi connectivity index (χ2n) is 19.6. The van der Waals surface area contributed by atoms with Gasteiger partial charge in [0.25, 0.3) is 11.8 Å². The highest BCUT2D eigenvalue weighted by atomic mass is 32.2. The zero-order chi connectivity index (χ0) is 48.9. The zero-order valence-electron chi connectivity index (χ0n) is 38.1. The van der Waals surface area contributed by atoms with Crippen LogP contribution in [-0.2, 0) is 26.3 Å². The van der Waals surface area contributed by atoms with E-state index in [0.29, 0.717) is 51.1 Å². The van der Waals surface area contributed by atoms with Crippen LogP contribution in [0.5, 0.6) is 5.75 Å². The van der Waals surface area contributed by atoms with Gasteiger partial charge >= 0.3 is 10.2 Å². The number of hydrogen-bond donors (Lipinski definition) is 3. The molecular formula is C49H49F4N9O7S. The minimum Gasteiger partial charge on any atom is -0.496 e. The summed E-state index contributed by atoms with van der Waals surface area (Å²) in [4.78, 5) is 67.6. The van der Waals surface area contributed by atoms with Crippen molar-refractivity contribution in [1.29, 1.82) is 0 Å². The first-order chi connectivity index (χ1) is 33.5. The fourth-order valence-corrected chi connectivity index (χ4v) is 12.5. The number of aromatic amines is 1. The van der Waals surface area contributed by atoms with E-state index < -0.39 is 76.3 Å². The number of carbonyl (C=O) groups excluding carboxylic acids is 4. The van der Waals surface area contributed by atoms with E-state index in [-0.39, 0.29) is 29.2 Å². The van der Waals surface area contributed by atoms with Crippen LogP contribution in [-0.4, -0.2) is 134 Å². The van der Waals surface area contributed by atoms with Gasteiger partial charge in [0.05, 0.1) is 30.5 Å². The maximum Gasteiger partial charge on any atom is 0.301 e. The SMILES string of the molecule is COc1cc(N2CCC(CN3CC4(C3)CN(c3ccc(-c5cnc6[nH]cc(C(=O)c7c(F)ccc(NS(=O)(=O)N8CCC(F)(F)C8)c7F)c6c5)cc3)C4)CC2)cc2c1C(=O)N(C1CCC(=O)NC1=O)C2. The van der Waals surface area contributed by atoms with Crippen molar-refractivity contribution in [3.8, 4) is 16.9 Å². The first kappa shape index (κ1) is 45.8. The summed E-state index contributed by atoms with van der Waals surface area (Å²) >= 11 is 0. The van der Waals surface area contributed by atoms with Gasteiger partial charge in [-0.2, -0.15) is 12.7 Å². The third-order valence-corrected chi connectivity index (χ3v) is 16.3. The third-order valence-electron chi connectivity index (χ3n) is 14.8. The molecule has 1 unspecified atom stereocenters. The second kappa shape index (κ2) is 17.1. The molecule has 5 saturated heterocycles. The number of aromatic nitrogens is 2. The van der Waals surface area contributed by atoms with Gasteiger partial charge in [-0.25, -0.2) is 22.5 Å². The molecule has 0 radical (unpaired) electrons. The second-order valence-corrected chi connectivity index (χ2v) is 21.2. The van der Waals surface area contributed by atoms with E-state index in [4.69, 9.17) is 4.74 Å². The number of ketones is 1. The standard InChI is InChI=1S/C49H49F4N9O7S/c1-69-39-18-33(16-31-22-62(47(66)41(31)39)38-8-9-40(63)56-46(38)65)59-13-10-28(11-14-59)21-58-23-48(24-58)25-60(26-48)32-4-2-29(3-5-32)30-17-34-35(20-55-45(34)54-19-30)44(64)42-36(50)6-7-37(43(42)51)57-70(67,68)61-15-12-49(52,53)27-61/h2-7,16-20,28,38,57H,8-15,21-27H2,1H3,(H,54,55)(H,56,63,65). The summed E-state index contributed by atoms with van der Waals surface area (Å²) in [6, 6.07) is 14.5. The fraction of sp³-hybridized carbons (Fsp3) is 0.408. The molecule has 0 bridgehead atoms. The highest BCUT2D eigenvalue weighted by Gasteiger charge is 2.52. The highest BCUT2D eigenvalue weighted by Crippen LogP contribution is 2.44. The van der Waals surface area contributed by atoms with Crippen molar-refractivity contribution >= 4 is 61.8 Å². The zero-order valence-corrected chi connectivity index (χ0v) is 38.9. The van der Waals surface area contributed by atoms with Crippen LogP contribution in [0.4, 0.5) is 34.6 Å². The van der Waals surface area contributed by atoms with Crippen molar-refractivity contribution in [2.24, 2.45) is 11.3 Å². The Morgan fingerprint density at radius 1 is 0.900 bits per heavy atom. The maximum atomic E-state index is 15.8. The molecule has 21 heteroatoms. The molecule has 16 nitrogen and oxygen atoms in total. The van der Waals surface area contributed by atoms with Crippen LogP contribution in [0.3, 0.4) is 0 Å². The van der Waals surface area contributed by atoms with Crippen LogP contribution >= 0.6 is 0 Å². The summed E-state index contributed by atoms with van der Waals surface area (Å²) in [5, 5.41) is 2.65. The van der Waals surface area contributed by atoms with Gasteiger partial charge in [-0.3, -0.25) is 29.2 Å². The molecule has 1 spiro atoms. The Kier molecular flexibility index (Phi) is 11.2. The Balaban J connectivity index is 0.678. The van der Waals surface area contributed by atoms with Crippen LogP contribution in [0.15, 0.2) is 67.0 Å². The van der Waals surface area contributed by atoms with E-state index in [2.05, 4.69) is 30.0 Å². The van der Waals surface area contributed by atoms with Gasteiger partial charge < -0.3 is 29.3 Å². The Morgan fingerprint density at radius 2 is 1.66 bits per heavy atom. The number of benzene rings is 3. The minimum atomic E-state index is -4.64. The summed E-state index contributed by atoms with van der Waals surface area (Å²) < 4.78 is 92.1. The van der Waals surface area contributed by atoms with Crippen LogP contribution in [0.1, 0.15) is 63.9 Å². The number of ether oxygens (including phenoxy) is 1. The molecule has 6 aliphatic heterocycles. The normalized spacial score (nSPS) is 21.5. The minimum absolute atomic E-state index is 0.0951. The van der Waals surface area contributed by atoms with Gasteiger partial charge in [0, 0.05) is 124 Å². The third kappa shape index (κ3) is 8.19. The predicted octanol–water partition coefficient (Wildman–Crippen LogP) is 5.55. The molecule has 5 fully saturated rings. The number of pyridine rings is 1. The van der Waals surface area contributed by atoms with Crippen molar-refractivity contribution in [2.45, 2.75) is 50.6 Å². The molecule has 3 N–H and O–H groups in total. The summed E-state index contributed by atoms with van der Waals surface area (Å²) in [7, 11) is -3.08. The number of fused-ring (bicyclic) bond motifs is 2. The van der Waals surface area contributed by atoms with Crippen molar-refractivity contribution in [2.75, 3.05) is 80.5 Å². The summed E-state index contributed by atoms with van der Waals surface area (Å²) in [6.07, 6.45) is 4.78. The number of hydrogen-bond acceptors (Lipinski definition) is 11. The molecule has 3 amide bonds. The maximum absolute atomic E-state index is 15.8. The number of carbonyl (C=O) groups is 4. The van der Waals surface area contributed by atoms with Crippen LogP contribution in [0.25, 0.3) is 22.2 Å². The molecule has 70 heavy (non-hydrogen) atoms. The smallest absolute Gasteiger partial charge is 0.301 e. The molecule has 3 aromatic carbocycles. The number of methoxy groups -OCH3 is 1. The Morgan fingerprint density at radius 3 is 2.36 bits per heavy atom. The molecule has 8 heterocycles. The fourth-order valence-electron chi connectivity index (χ4n) is 11.2. The number of nitrogens with one attached hydrogen (secondary N) is 3. The van der Waals surface area contributed by atoms with E-state index in [0.717, 1.165) is 93.3 Å². The molecule has 2 aromatic heterocycles. The van der Waals surface area contributed by atoms with Gasteiger partial charge in [-0.05, 0) is 72.7 Å². The van der Waals surface area contributed by atoms with Crippen molar-refractivity contribution in [1.82, 2.24) is 29.4 Å². The molecule has 1 atom stereocenters. The van der Waals surface area contributed by atoms with Gasteiger partial charge in [0.1, 0.15) is 23.3 Å². The number of nitrogens with zero attached hydrogens (tertiary/aromatic N) is 6. The van der Waals surface area contributed by atoms with Crippen molar-refractivity contribution in [3.05, 3.63) is 101 Å². The Bertz CT molecular complexity index is 3090. The van der Waals surface area contributed by atoms with E-state index in [1.807, 2.05) is 41.1 Å². The number of amides is 3. The molecule has 6 aliphatic rings. The van der Waals surface area contributed by atoms with Crippen molar-refractivity contribution in [3.63, 3.8) is 0 Å². The largest absolute Gasteiger partial charge is 0.496 e. The lowest BCUT2D eigenvalue weighted by Gasteiger charge is -2.61. The highest BCUT2D eigenvalue weighted by molar-refractivity contribution is 7.90. The van der Waals surface area contributed by atoms with E-state index in [1.165, 1.54) is 6.20 Å². The number of piperidine rings is 2. The lowest BCUT2D eigenvalue weighted by molar-refractivity contribution is -0.136. The number of halogens is 4.